The lowest BCUT2D eigenvalue weighted by molar-refractivity contribution is -0.122. The molecule has 0 aliphatic heterocycles. The maximum absolute atomic E-state index is 11.8. The lowest BCUT2D eigenvalue weighted by Crippen LogP contribution is -2.36. The fourth-order valence-electron chi connectivity index (χ4n) is 2.34. The second-order valence-electron chi connectivity index (χ2n) is 4.88. The Morgan fingerprint density at radius 2 is 2.26 bits per heavy atom. The van der Waals surface area contributed by atoms with Crippen LogP contribution in [0, 0.1) is 5.92 Å². The highest BCUT2D eigenvalue weighted by atomic mass is 79.9. The van der Waals surface area contributed by atoms with Gasteiger partial charge in [0.25, 0.3) is 5.56 Å². The van der Waals surface area contributed by atoms with Crippen molar-refractivity contribution in [2.24, 2.45) is 5.92 Å². The van der Waals surface area contributed by atoms with Crippen LogP contribution < -0.4 is 10.9 Å². The van der Waals surface area contributed by atoms with E-state index in [1.165, 1.54) is 10.6 Å². The number of amides is 1. The molecule has 1 aliphatic carbocycles. The molecule has 6 heteroatoms. The predicted octanol–water partition coefficient (Wildman–Crippen LogP) is 0.888. The van der Waals surface area contributed by atoms with E-state index in [1.54, 1.807) is 12.3 Å². The maximum Gasteiger partial charge on any atom is 0.251 e. The molecule has 104 valence electrons. The average molecular weight is 329 g/mol. The summed E-state index contributed by atoms with van der Waals surface area (Å²) in [6, 6.07) is 3.06. The second kappa shape index (κ2) is 6.34. The van der Waals surface area contributed by atoms with Crippen molar-refractivity contribution >= 4 is 21.8 Å². The molecule has 0 saturated heterocycles. The van der Waals surface area contributed by atoms with E-state index in [9.17, 15) is 14.7 Å². The van der Waals surface area contributed by atoms with Gasteiger partial charge in [-0.1, -0.05) is 6.42 Å². The molecule has 1 heterocycles. The molecule has 1 aliphatic rings. The first kappa shape index (κ1) is 14.3. The number of hydrogen-bond acceptors (Lipinski definition) is 3. The van der Waals surface area contributed by atoms with Crippen molar-refractivity contribution in [2.45, 2.75) is 31.9 Å². The first-order valence-corrected chi connectivity index (χ1v) is 7.16. The van der Waals surface area contributed by atoms with Crippen molar-refractivity contribution in [2.75, 3.05) is 6.54 Å². The van der Waals surface area contributed by atoms with E-state index in [1.807, 2.05) is 0 Å². The highest BCUT2D eigenvalue weighted by Crippen LogP contribution is 2.24. The lowest BCUT2D eigenvalue weighted by atomic mass is 10.1. The fraction of sp³-hybridized carbons (Fsp3) is 0.538. The quantitative estimate of drug-likeness (QED) is 0.862. The standard InChI is InChI=1S/C13H17BrN2O3/c14-10-4-5-13(19)16(7-10)8-12(18)15-6-9-2-1-3-11(9)17/h4-5,7,9,11,17H,1-3,6,8H2,(H,15,18). The van der Waals surface area contributed by atoms with Crippen LogP contribution in [0.4, 0.5) is 0 Å². The smallest absolute Gasteiger partial charge is 0.251 e. The summed E-state index contributed by atoms with van der Waals surface area (Å²) < 4.78 is 2.11. The molecule has 1 fully saturated rings. The van der Waals surface area contributed by atoms with Crippen LogP contribution in [0.3, 0.4) is 0 Å². The van der Waals surface area contributed by atoms with Crippen LogP contribution in [0.15, 0.2) is 27.6 Å². The van der Waals surface area contributed by atoms with E-state index < -0.39 is 0 Å². The largest absolute Gasteiger partial charge is 0.393 e. The first-order chi connectivity index (χ1) is 9.06. The number of hydrogen-bond donors (Lipinski definition) is 2. The van der Waals surface area contributed by atoms with Crippen LogP contribution in [0.1, 0.15) is 19.3 Å². The van der Waals surface area contributed by atoms with E-state index in [0.717, 1.165) is 23.7 Å². The van der Waals surface area contributed by atoms with Crippen LogP contribution in [0.2, 0.25) is 0 Å². The molecule has 0 bridgehead atoms. The van der Waals surface area contributed by atoms with Crippen molar-refractivity contribution in [3.05, 3.63) is 33.2 Å². The number of halogens is 1. The average Bonchev–Trinajstić information content (AvgIpc) is 2.77. The number of nitrogens with zero attached hydrogens (tertiary/aromatic N) is 1. The van der Waals surface area contributed by atoms with Gasteiger partial charge in [0.1, 0.15) is 6.54 Å². The molecule has 2 unspecified atom stereocenters. The zero-order chi connectivity index (χ0) is 13.8. The van der Waals surface area contributed by atoms with Gasteiger partial charge in [-0.3, -0.25) is 9.59 Å². The number of rotatable bonds is 4. The third-order valence-electron chi connectivity index (χ3n) is 3.44. The monoisotopic (exact) mass is 328 g/mol. The van der Waals surface area contributed by atoms with Crippen molar-refractivity contribution in [1.82, 2.24) is 9.88 Å². The summed E-state index contributed by atoms with van der Waals surface area (Å²) in [6.45, 7) is 0.476. The molecule has 2 atom stereocenters. The van der Waals surface area contributed by atoms with E-state index >= 15 is 0 Å². The number of carbonyl (C=O) groups excluding carboxylic acids is 1. The lowest BCUT2D eigenvalue weighted by Gasteiger charge is -2.15. The maximum atomic E-state index is 11.8. The molecular formula is C13H17BrN2O3. The van der Waals surface area contributed by atoms with Gasteiger partial charge in [-0.25, -0.2) is 0 Å². The van der Waals surface area contributed by atoms with Crippen LogP contribution in [-0.4, -0.2) is 28.2 Å². The van der Waals surface area contributed by atoms with Crippen molar-refractivity contribution in [3.63, 3.8) is 0 Å². The normalized spacial score (nSPS) is 22.4. The van der Waals surface area contributed by atoms with Crippen molar-refractivity contribution < 1.29 is 9.90 Å². The summed E-state index contributed by atoms with van der Waals surface area (Å²) >= 11 is 3.26. The van der Waals surface area contributed by atoms with Crippen LogP contribution in [0.25, 0.3) is 0 Å². The van der Waals surface area contributed by atoms with Crippen LogP contribution in [0.5, 0.6) is 0 Å². The Bertz CT molecular complexity index is 515. The number of aromatic nitrogens is 1. The van der Waals surface area contributed by atoms with Gasteiger partial charge in [0.15, 0.2) is 0 Å². The van der Waals surface area contributed by atoms with Crippen molar-refractivity contribution in [1.29, 1.82) is 0 Å². The summed E-state index contributed by atoms with van der Waals surface area (Å²) in [7, 11) is 0. The number of carbonyl (C=O) groups is 1. The van der Waals surface area contributed by atoms with Crippen LogP contribution in [-0.2, 0) is 11.3 Å². The highest BCUT2D eigenvalue weighted by molar-refractivity contribution is 9.10. The minimum atomic E-state index is -0.311. The van der Waals surface area contributed by atoms with Gasteiger partial charge in [0.05, 0.1) is 6.10 Å². The van der Waals surface area contributed by atoms with Gasteiger partial charge in [-0.05, 0) is 34.8 Å². The molecule has 0 radical (unpaired) electrons. The first-order valence-electron chi connectivity index (χ1n) is 6.37. The van der Waals surface area contributed by atoms with E-state index in [2.05, 4.69) is 21.2 Å². The SMILES string of the molecule is O=C(Cn1cc(Br)ccc1=O)NCC1CCCC1O. The van der Waals surface area contributed by atoms with Crippen molar-refractivity contribution in [3.8, 4) is 0 Å². The van der Waals surface area contributed by atoms with Crippen LogP contribution >= 0.6 is 15.9 Å². The number of aliphatic hydroxyl groups excluding tert-OH is 1. The zero-order valence-electron chi connectivity index (χ0n) is 10.5. The predicted molar refractivity (Wildman–Crippen MR) is 74.8 cm³/mol. The molecule has 5 nitrogen and oxygen atoms in total. The summed E-state index contributed by atoms with van der Waals surface area (Å²) in [4.78, 5) is 23.3. The molecule has 1 amide bonds. The zero-order valence-corrected chi connectivity index (χ0v) is 12.1. The second-order valence-corrected chi connectivity index (χ2v) is 5.79. The molecular weight excluding hydrogens is 312 g/mol. The number of aliphatic hydroxyl groups is 1. The topological polar surface area (TPSA) is 71.3 Å². The number of pyridine rings is 1. The Labute approximate surface area is 119 Å². The van der Waals surface area contributed by atoms with Gasteiger partial charge in [0.2, 0.25) is 5.91 Å². The minimum Gasteiger partial charge on any atom is -0.393 e. The third kappa shape index (κ3) is 3.91. The minimum absolute atomic E-state index is 0.00108. The Balaban J connectivity index is 1.87. The highest BCUT2D eigenvalue weighted by Gasteiger charge is 2.25. The van der Waals surface area contributed by atoms with E-state index in [4.69, 9.17) is 0 Å². The van der Waals surface area contributed by atoms with Gasteiger partial charge in [0, 0.05) is 29.2 Å². The molecule has 2 rings (SSSR count). The molecule has 1 aromatic rings. The molecule has 1 saturated carbocycles. The molecule has 19 heavy (non-hydrogen) atoms. The molecule has 0 aromatic carbocycles. The Morgan fingerprint density at radius 1 is 1.47 bits per heavy atom. The van der Waals surface area contributed by atoms with Gasteiger partial charge in [-0.2, -0.15) is 0 Å². The van der Waals surface area contributed by atoms with Gasteiger partial charge in [-0.15, -0.1) is 0 Å². The fourth-order valence-corrected chi connectivity index (χ4v) is 2.72. The van der Waals surface area contributed by atoms with E-state index in [-0.39, 0.29) is 30.0 Å². The Hall–Kier alpha value is -1.14. The molecule has 0 spiro atoms. The number of nitrogens with one attached hydrogen (secondary N) is 1. The van der Waals surface area contributed by atoms with Gasteiger partial charge < -0.3 is 15.0 Å². The van der Waals surface area contributed by atoms with Gasteiger partial charge >= 0.3 is 0 Å². The Morgan fingerprint density at radius 3 is 2.95 bits per heavy atom. The molecule has 2 N–H and O–H groups in total. The summed E-state index contributed by atoms with van der Waals surface area (Å²) in [5.41, 5.74) is -0.209. The van der Waals surface area contributed by atoms with E-state index in [0.29, 0.717) is 6.54 Å². The summed E-state index contributed by atoms with van der Waals surface area (Å²) in [5.74, 6) is -0.0671. The Kier molecular flexibility index (Phi) is 4.76. The summed E-state index contributed by atoms with van der Waals surface area (Å²) in [6.07, 6.45) is 4.04. The summed E-state index contributed by atoms with van der Waals surface area (Å²) in [5, 5.41) is 12.4. The third-order valence-corrected chi connectivity index (χ3v) is 3.91. The molecule has 1 aromatic heterocycles.